The smallest absolute Gasteiger partial charge is 0.230 e. The van der Waals surface area contributed by atoms with Crippen LogP contribution in [-0.4, -0.2) is 35.9 Å². The Hall–Kier alpha value is -0.360. The SMILES string of the molecule is CN(Cc1cscn1)C(=O)[C@@]12CCCC[C@H]1CNC2.Cl.Cl. The largest absolute Gasteiger partial charge is 0.339 e. The molecule has 1 amide bonds. The zero-order valence-corrected chi connectivity index (χ0v) is 14.7. The lowest BCUT2D eigenvalue weighted by Crippen LogP contribution is -2.48. The van der Waals surface area contributed by atoms with E-state index in [0.29, 0.717) is 18.4 Å². The van der Waals surface area contributed by atoms with E-state index in [1.54, 1.807) is 11.3 Å². The second-order valence-corrected chi connectivity index (χ2v) is 6.59. The van der Waals surface area contributed by atoms with Gasteiger partial charge in [-0.15, -0.1) is 36.2 Å². The van der Waals surface area contributed by atoms with Crippen molar-refractivity contribution in [2.45, 2.75) is 32.2 Å². The molecular weight excluding hydrogens is 329 g/mol. The number of halogens is 2. The predicted molar refractivity (Wildman–Crippen MR) is 90.3 cm³/mol. The molecule has 2 aliphatic rings. The number of nitrogens with zero attached hydrogens (tertiary/aromatic N) is 2. The van der Waals surface area contributed by atoms with Gasteiger partial charge in [-0.05, 0) is 25.3 Å². The molecule has 1 N–H and O–H groups in total. The van der Waals surface area contributed by atoms with Crippen molar-refractivity contribution in [2.75, 3.05) is 20.1 Å². The molecule has 0 bridgehead atoms. The number of thiazole rings is 1. The normalized spacial score (nSPS) is 27.2. The van der Waals surface area contributed by atoms with E-state index < -0.39 is 0 Å². The molecule has 1 aliphatic carbocycles. The van der Waals surface area contributed by atoms with Crippen LogP contribution in [0.2, 0.25) is 0 Å². The zero-order chi connectivity index (χ0) is 13.3. The lowest BCUT2D eigenvalue weighted by atomic mass is 9.67. The van der Waals surface area contributed by atoms with E-state index >= 15 is 0 Å². The summed E-state index contributed by atoms with van der Waals surface area (Å²) in [6, 6.07) is 0. The quantitative estimate of drug-likeness (QED) is 0.910. The van der Waals surface area contributed by atoms with Gasteiger partial charge in [0.1, 0.15) is 0 Å². The molecule has 3 rings (SSSR count). The van der Waals surface area contributed by atoms with E-state index in [1.165, 1.54) is 19.3 Å². The summed E-state index contributed by atoms with van der Waals surface area (Å²) in [5.74, 6) is 0.849. The molecule has 2 heterocycles. The Morgan fingerprint density at radius 3 is 3.05 bits per heavy atom. The summed E-state index contributed by atoms with van der Waals surface area (Å²) in [6.45, 7) is 2.50. The van der Waals surface area contributed by atoms with E-state index in [2.05, 4.69) is 10.3 Å². The minimum absolute atomic E-state index is 0. The summed E-state index contributed by atoms with van der Waals surface area (Å²) in [5, 5.41) is 5.46. The Balaban J connectivity index is 0.00000110. The minimum atomic E-state index is -0.136. The molecule has 21 heavy (non-hydrogen) atoms. The van der Waals surface area contributed by atoms with Crippen LogP contribution >= 0.6 is 36.2 Å². The number of carbonyl (C=O) groups excluding carboxylic acids is 1. The molecule has 0 radical (unpaired) electrons. The highest BCUT2D eigenvalue weighted by Gasteiger charge is 2.50. The topological polar surface area (TPSA) is 45.2 Å². The average Bonchev–Trinajstić information content (AvgIpc) is 3.06. The van der Waals surface area contributed by atoms with Crippen LogP contribution in [0.5, 0.6) is 0 Å². The van der Waals surface area contributed by atoms with Crippen LogP contribution in [0, 0.1) is 11.3 Å². The highest BCUT2D eigenvalue weighted by molar-refractivity contribution is 7.07. The van der Waals surface area contributed by atoms with Crippen molar-refractivity contribution < 1.29 is 4.79 Å². The minimum Gasteiger partial charge on any atom is -0.339 e. The number of fused-ring (bicyclic) bond motifs is 1. The molecular formula is C14H23Cl2N3OS. The second-order valence-electron chi connectivity index (χ2n) is 5.87. The Morgan fingerprint density at radius 2 is 2.33 bits per heavy atom. The van der Waals surface area contributed by atoms with E-state index in [4.69, 9.17) is 0 Å². The fraction of sp³-hybridized carbons (Fsp3) is 0.714. The van der Waals surface area contributed by atoms with E-state index in [-0.39, 0.29) is 30.2 Å². The molecule has 7 heteroatoms. The summed E-state index contributed by atoms with van der Waals surface area (Å²) in [4.78, 5) is 19.0. The van der Waals surface area contributed by atoms with Gasteiger partial charge in [-0.1, -0.05) is 12.8 Å². The molecule has 1 saturated carbocycles. The Morgan fingerprint density at radius 1 is 1.52 bits per heavy atom. The van der Waals surface area contributed by atoms with Crippen LogP contribution in [0.25, 0.3) is 0 Å². The van der Waals surface area contributed by atoms with Crippen molar-refractivity contribution in [1.82, 2.24) is 15.2 Å². The maximum absolute atomic E-state index is 12.9. The van der Waals surface area contributed by atoms with Gasteiger partial charge in [0, 0.05) is 19.0 Å². The standard InChI is InChI=1S/C14H21N3OS.2ClH/c1-17(7-12-8-19-10-16-12)13(18)14-5-3-2-4-11(14)6-15-9-14;;/h8,10-11,15H,2-7,9H2,1H3;2*1H/t11-,14+;;/m0../s1. The summed E-state index contributed by atoms with van der Waals surface area (Å²) in [7, 11) is 1.92. The molecule has 1 aliphatic heterocycles. The maximum atomic E-state index is 12.9. The van der Waals surface area contributed by atoms with Gasteiger partial charge in [0.05, 0.1) is 23.2 Å². The number of aromatic nitrogens is 1. The number of amides is 1. The molecule has 4 nitrogen and oxygen atoms in total. The molecule has 0 spiro atoms. The third-order valence-electron chi connectivity index (χ3n) is 4.69. The van der Waals surface area contributed by atoms with E-state index in [1.807, 2.05) is 22.8 Å². The number of nitrogens with one attached hydrogen (secondary N) is 1. The molecule has 1 aromatic heterocycles. The predicted octanol–water partition coefficient (Wildman–Crippen LogP) is 2.72. The van der Waals surface area contributed by atoms with Gasteiger partial charge in [-0.3, -0.25) is 4.79 Å². The lowest BCUT2D eigenvalue weighted by Gasteiger charge is -2.39. The molecule has 2 atom stereocenters. The Labute approximate surface area is 142 Å². The van der Waals surface area contributed by atoms with Crippen LogP contribution in [-0.2, 0) is 11.3 Å². The molecule has 120 valence electrons. The Kier molecular flexibility index (Phi) is 6.91. The molecule has 1 saturated heterocycles. The van der Waals surface area contributed by atoms with E-state index in [9.17, 15) is 4.79 Å². The molecule has 2 fully saturated rings. The van der Waals surface area contributed by atoms with Crippen molar-refractivity contribution in [3.63, 3.8) is 0 Å². The monoisotopic (exact) mass is 351 g/mol. The first kappa shape index (κ1) is 18.7. The third kappa shape index (κ3) is 3.52. The van der Waals surface area contributed by atoms with Gasteiger partial charge >= 0.3 is 0 Å². The third-order valence-corrected chi connectivity index (χ3v) is 5.33. The number of carbonyl (C=O) groups is 1. The number of hydrogen-bond donors (Lipinski definition) is 1. The van der Waals surface area contributed by atoms with Crippen LogP contribution < -0.4 is 5.32 Å². The van der Waals surface area contributed by atoms with Crippen LogP contribution in [0.15, 0.2) is 10.9 Å². The summed E-state index contributed by atoms with van der Waals surface area (Å²) in [6.07, 6.45) is 4.71. The molecule has 0 unspecified atom stereocenters. The van der Waals surface area contributed by atoms with Crippen LogP contribution in [0.4, 0.5) is 0 Å². The Bertz CT molecular complexity index is 457. The van der Waals surface area contributed by atoms with Gasteiger partial charge < -0.3 is 10.2 Å². The number of rotatable bonds is 3. The van der Waals surface area contributed by atoms with Crippen molar-refractivity contribution in [3.8, 4) is 0 Å². The van der Waals surface area contributed by atoms with Crippen LogP contribution in [0.1, 0.15) is 31.4 Å². The summed E-state index contributed by atoms with van der Waals surface area (Å²) >= 11 is 1.59. The van der Waals surface area contributed by atoms with Crippen LogP contribution in [0.3, 0.4) is 0 Å². The zero-order valence-electron chi connectivity index (χ0n) is 12.2. The first-order chi connectivity index (χ1) is 9.22. The molecule has 0 aromatic carbocycles. The highest BCUT2D eigenvalue weighted by atomic mass is 35.5. The first-order valence-electron chi connectivity index (χ1n) is 7.06. The van der Waals surface area contributed by atoms with Gasteiger partial charge in [0.2, 0.25) is 5.91 Å². The number of hydrogen-bond acceptors (Lipinski definition) is 4. The maximum Gasteiger partial charge on any atom is 0.230 e. The summed E-state index contributed by atoms with van der Waals surface area (Å²) < 4.78 is 0. The van der Waals surface area contributed by atoms with Crippen molar-refractivity contribution in [1.29, 1.82) is 0 Å². The van der Waals surface area contributed by atoms with Gasteiger partial charge in [-0.2, -0.15) is 0 Å². The lowest BCUT2D eigenvalue weighted by molar-refractivity contribution is -0.144. The first-order valence-corrected chi connectivity index (χ1v) is 8.00. The van der Waals surface area contributed by atoms with Gasteiger partial charge in [0.25, 0.3) is 0 Å². The second kappa shape index (κ2) is 7.77. The van der Waals surface area contributed by atoms with Crippen molar-refractivity contribution in [2.24, 2.45) is 11.3 Å². The fourth-order valence-corrected chi connectivity index (χ4v) is 4.23. The van der Waals surface area contributed by atoms with Gasteiger partial charge in [-0.25, -0.2) is 4.98 Å². The van der Waals surface area contributed by atoms with Gasteiger partial charge in [0.15, 0.2) is 0 Å². The molecule has 1 aromatic rings. The average molecular weight is 352 g/mol. The van der Waals surface area contributed by atoms with Crippen molar-refractivity contribution >= 4 is 42.1 Å². The van der Waals surface area contributed by atoms with E-state index in [0.717, 1.165) is 25.2 Å². The highest BCUT2D eigenvalue weighted by Crippen LogP contribution is 2.45. The fourth-order valence-electron chi connectivity index (χ4n) is 3.68. The van der Waals surface area contributed by atoms with Crippen molar-refractivity contribution in [3.05, 3.63) is 16.6 Å². The summed E-state index contributed by atoms with van der Waals surface area (Å²) in [5.41, 5.74) is 2.69.